The van der Waals surface area contributed by atoms with Crippen molar-refractivity contribution in [1.82, 2.24) is 20.6 Å². The maximum absolute atomic E-state index is 12.2. The number of carboxylic acid groups (broad SMARTS) is 1. The average Bonchev–Trinajstić information content (AvgIpc) is 3.73. The van der Waals surface area contributed by atoms with Gasteiger partial charge < -0.3 is 30.6 Å². The van der Waals surface area contributed by atoms with Gasteiger partial charge in [0.1, 0.15) is 16.8 Å². The molecule has 4 aromatic rings. The Kier molecular flexibility index (Phi) is 11.8. The number of ether oxygens (including phenoxy) is 1. The number of aliphatic carboxylic acids is 1. The first-order valence-corrected chi connectivity index (χ1v) is 15.3. The SMILES string of the molecule is CCCCCCNC(=O)C=Cc1ccc(-c2sc(-c3ccc[nH]3)nc2-c2ccc(OCC(=O)NC(CO)C(=O)O)cc2)cc1. The molecule has 0 spiro atoms. The first-order chi connectivity index (χ1) is 21.4. The van der Waals surface area contributed by atoms with Crippen molar-refractivity contribution in [2.45, 2.75) is 38.6 Å². The van der Waals surface area contributed by atoms with Crippen molar-refractivity contribution in [3.63, 3.8) is 0 Å². The molecular formula is C33H36N4O6S. The maximum Gasteiger partial charge on any atom is 0.328 e. The third kappa shape index (κ3) is 9.13. The van der Waals surface area contributed by atoms with Crippen molar-refractivity contribution in [3.8, 4) is 38.1 Å². The van der Waals surface area contributed by atoms with Crippen LogP contribution in [-0.2, 0) is 14.4 Å². The molecule has 2 amide bonds. The first kappa shape index (κ1) is 32.2. The van der Waals surface area contributed by atoms with Crippen molar-refractivity contribution >= 4 is 35.2 Å². The Bertz CT molecular complexity index is 1550. The van der Waals surface area contributed by atoms with Crippen LogP contribution in [0.25, 0.3) is 38.5 Å². The fourth-order valence-electron chi connectivity index (χ4n) is 4.31. The van der Waals surface area contributed by atoms with Crippen LogP contribution in [0.1, 0.15) is 38.2 Å². The molecule has 0 aliphatic rings. The first-order valence-electron chi connectivity index (χ1n) is 14.4. The molecule has 2 aromatic carbocycles. The summed E-state index contributed by atoms with van der Waals surface area (Å²) in [6.45, 7) is 1.72. The number of aliphatic hydroxyl groups is 1. The molecule has 0 radical (unpaired) electrons. The zero-order valence-corrected chi connectivity index (χ0v) is 25.2. The lowest BCUT2D eigenvalue weighted by Crippen LogP contribution is -2.45. The second-order valence-corrected chi connectivity index (χ2v) is 11.0. The molecule has 0 bridgehead atoms. The van der Waals surface area contributed by atoms with Gasteiger partial charge in [-0.2, -0.15) is 0 Å². The number of carboxylic acids is 1. The smallest absolute Gasteiger partial charge is 0.328 e. The molecule has 1 atom stereocenters. The number of hydrogen-bond donors (Lipinski definition) is 5. The number of aromatic amines is 1. The Morgan fingerprint density at radius 3 is 2.43 bits per heavy atom. The summed E-state index contributed by atoms with van der Waals surface area (Å²) in [6, 6.07) is 17.5. The van der Waals surface area contributed by atoms with Crippen LogP contribution in [0.2, 0.25) is 0 Å². The third-order valence-electron chi connectivity index (χ3n) is 6.70. The number of amides is 2. The lowest BCUT2D eigenvalue weighted by molar-refractivity contribution is -0.143. The fraction of sp³-hybridized carbons (Fsp3) is 0.273. The van der Waals surface area contributed by atoms with Gasteiger partial charge in [-0.15, -0.1) is 11.3 Å². The predicted molar refractivity (Wildman–Crippen MR) is 171 cm³/mol. The summed E-state index contributed by atoms with van der Waals surface area (Å²) >= 11 is 1.56. The van der Waals surface area contributed by atoms with Crippen molar-refractivity contribution in [3.05, 3.63) is 78.5 Å². The number of aliphatic hydroxyl groups excluding tert-OH is 1. The van der Waals surface area contributed by atoms with Gasteiger partial charge in [0, 0.05) is 24.4 Å². The summed E-state index contributed by atoms with van der Waals surface area (Å²) in [4.78, 5) is 44.3. The number of hydrogen-bond acceptors (Lipinski definition) is 7. The number of H-pyrrole nitrogens is 1. The zero-order valence-electron chi connectivity index (χ0n) is 24.4. The highest BCUT2D eigenvalue weighted by Crippen LogP contribution is 2.40. The molecular weight excluding hydrogens is 580 g/mol. The molecule has 2 aromatic heterocycles. The van der Waals surface area contributed by atoms with Crippen LogP contribution in [0.4, 0.5) is 0 Å². The van der Waals surface area contributed by atoms with E-state index in [1.54, 1.807) is 35.6 Å². The Labute approximate surface area is 259 Å². The zero-order chi connectivity index (χ0) is 31.3. The molecule has 44 heavy (non-hydrogen) atoms. The van der Waals surface area contributed by atoms with E-state index in [-0.39, 0.29) is 5.91 Å². The second-order valence-electron chi connectivity index (χ2n) is 10.0. The van der Waals surface area contributed by atoms with Gasteiger partial charge in [-0.05, 0) is 60.0 Å². The minimum atomic E-state index is -1.39. The van der Waals surface area contributed by atoms with E-state index in [2.05, 4.69) is 22.5 Å². The van der Waals surface area contributed by atoms with E-state index in [0.717, 1.165) is 57.2 Å². The minimum absolute atomic E-state index is 0.103. The Morgan fingerprint density at radius 1 is 1.02 bits per heavy atom. The van der Waals surface area contributed by atoms with Crippen LogP contribution in [-0.4, -0.2) is 63.8 Å². The molecule has 5 N–H and O–H groups in total. The maximum atomic E-state index is 12.2. The topological polar surface area (TPSA) is 154 Å². The normalized spacial score (nSPS) is 11.8. The van der Waals surface area contributed by atoms with Crippen LogP contribution in [0.15, 0.2) is 72.9 Å². The molecule has 0 aliphatic carbocycles. The Hall–Kier alpha value is -4.74. The van der Waals surface area contributed by atoms with E-state index in [9.17, 15) is 14.4 Å². The van der Waals surface area contributed by atoms with E-state index in [0.29, 0.717) is 12.3 Å². The summed E-state index contributed by atoms with van der Waals surface area (Å²) in [5.41, 5.74) is 4.40. The predicted octanol–water partition coefficient (Wildman–Crippen LogP) is 5.12. The van der Waals surface area contributed by atoms with Gasteiger partial charge in [0.25, 0.3) is 5.91 Å². The summed E-state index contributed by atoms with van der Waals surface area (Å²) < 4.78 is 5.51. The van der Waals surface area contributed by atoms with Crippen molar-refractivity contribution in [2.24, 2.45) is 0 Å². The Morgan fingerprint density at radius 2 is 1.77 bits per heavy atom. The van der Waals surface area contributed by atoms with E-state index < -0.39 is 31.1 Å². The third-order valence-corrected chi connectivity index (χ3v) is 7.84. The molecule has 230 valence electrons. The monoisotopic (exact) mass is 616 g/mol. The highest BCUT2D eigenvalue weighted by molar-refractivity contribution is 7.18. The van der Waals surface area contributed by atoms with Crippen LogP contribution in [0.5, 0.6) is 5.75 Å². The van der Waals surface area contributed by atoms with Gasteiger partial charge in [-0.25, -0.2) is 9.78 Å². The van der Waals surface area contributed by atoms with Crippen LogP contribution < -0.4 is 15.4 Å². The number of benzene rings is 2. The summed E-state index contributed by atoms with van der Waals surface area (Å²) in [6.07, 6.45) is 9.64. The number of thiazole rings is 1. The molecule has 0 aliphatic heterocycles. The molecule has 2 heterocycles. The quantitative estimate of drug-likeness (QED) is 0.0865. The van der Waals surface area contributed by atoms with Gasteiger partial charge in [0.15, 0.2) is 6.61 Å². The van der Waals surface area contributed by atoms with Crippen LogP contribution >= 0.6 is 11.3 Å². The lowest BCUT2D eigenvalue weighted by atomic mass is 10.0. The lowest BCUT2D eigenvalue weighted by Gasteiger charge is -2.12. The largest absolute Gasteiger partial charge is 0.484 e. The minimum Gasteiger partial charge on any atom is -0.484 e. The highest BCUT2D eigenvalue weighted by Gasteiger charge is 2.19. The highest BCUT2D eigenvalue weighted by atomic mass is 32.1. The standard InChI is InChI=1S/C33H36N4O6S/c1-2-3-4-5-18-35-28(39)17-10-22-8-11-24(12-9-22)31-30(37-32(44-31)26-7-6-19-34-26)23-13-15-25(16-14-23)43-21-29(40)36-27(20-38)33(41)42/h6-17,19,27,34,38H,2-5,18,20-21H2,1H3,(H,35,39)(H,36,40)(H,41,42). The van der Waals surface area contributed by atoms with Crippen molar-refractivity contribution in [2.75, 3.05) is 19.8 Å². The van der Waals surface area contributed by atoms with E-state index >= 15 is 0 Å². The summed E-state index contributed by atoms with van der Waals surface area (Å²) in [5.74, 6) is -1.67. The molecule has 0 fully saturated rings. The molecule has 4 rings (SSSR count). The number of carbonyl (C=O) groups excluding carboxylic acids is 2. The Balaban J connectivity index is 1.46. The number of rotatable bonds is 16. The molecule has 11 heteroatoms. The van der Waals surface area contributed by atoms with Gasteiger partial charge in [-0.3, -0.25) is 9.59 Å². The van der Waals surface area contributed by atoms with Crippen molar-refractivity contribution < 1.29 is 29.3 Å². The molecule has 1 unspecified atom stereocenters. The van der Waals surface area contributed by atoms with Gasteiger partial charge in [0.05, 0.1) is 22.9 Å². The number of unbranched alkanes of at least 4 members (excludes halogenated alkanes) is 3. The van der Waals surface area contributed by atoms with E-state index in [1.165, 1.54) is 6.42 Å². The summed E-state index contributed by atoms with van der Waals surface area (Å²) in [7, 11) is 0. The van der Waals surface area contributed by atoms with Crippen molar-refractivity contribution in [1.29, 1.82) is 0 Å². The van der Waals surface area contributed by atoms with Crippen LogP contribution in [0.3, 0.4) is 0 Å². The van der Waals surface area contributed by atoms with Gasteiger partial charge in [-0.1, -0.05) is 50.5 Å². The average molecular weight is 617 g/mol. The van der Waals surface area contributed by atoms with Gasteiger partial charge >= 0.3 is 5.97 Å². The van der Waals surface area contributed by atoms with Crippen LogP contribution in [0, 0.1) is 0 Å². The number of carbonyl (C=O) groups is 3. The molecule has 0 saturated carbocycles. The van der Waals surface area contributed by atoms with E-state index in [1.807, 2.05) is 54.7 Å². The summed E-state index contributed by atoms with van der Waals surface area (Å²) in [5, 5.41) is 24.0. The second kappa shape index (κ2) is 16.2. The number of nitrogens with zero attached hydrogens (tertiary/aromatic N) is 1. The number of aromatic nitrogens is 2. The van der Waals surface area contributed by atoms with E-state index in [4.69, 9.17) is 19.9 Å². The molecule has 0 saturated heterocycles. The fourth-order valence-corrected chi connectivity index (χ4v) is 5.39. The molecule has 10 nitrogen and oxygen atoms in total. The van der Waals surface area contributed by atoms with Gasteiger partial charge in [0.2, 0.25) is 5.91 Å². The number of nitrogens with one attached hydrogen (secondary N) is 3.